The maximum atomic E-state index is 12.6. The molecule has 0 fully saturated rings. The largest absolute Gasteiger partial charge is 0.497 e. The number of anilines is 1. The fourth-order valence-corrected chi connectivity index (χ4v) is 3.68. The lowest BCUT2D eigenvalue weighted by Gasteiger charge is -2.09. The van der Waals surface area contributed by atoms with Gasteiger partial charge in [0.05, 0.1) is 7.11 Å². The van der Waals surface area contributed by atoms with Gasteiger partial charge in [-0.05, 0) is 56.5 Å². The van der Waals surface area contributed by atoms with Crippen LogP contribution in [0.5, 0.6) is 5.75 Å². The highest BCUT2D eigenvalue weighted by Gasteiger charge is 2.16. The molecule has 0 radical (unpaired) electrons. The second-order valence-corrected chi connectivity index (χ2v) is 7.40. The Labute approximate surface area is 173 Å². The van der Waals surface area contributed by atoms with Gasteiger partial charge in [0, 0.05) is 40.6 Å². The molecule has 6 nitrogen and oxygen atoms in total. The highest BCUT2D eigenvalue weighted by molar-refractivity contribution is 5.97. The zero-order valence-electron chi connectivity index (χ0n) is 17.4. The molecular weight excluding hydrogens is 382 g/mol. The summed E-state index contributed by atoms with van der Waals surface area (Å²) in [6, 6.07) is 10.9. The number of nitrogens with one attached hydrogen (secondary N) is 1. The summed E-state index contributed by atoms with van der Waals surface area (Å²) >= 11 is 0. The summed E-state index contributed by atoms with van der Waals surface area (Å²) in [5.74, 6) is 1.32. The van der Waals surface area contributed by atoms with Crippen LogP contribution >= 0.6 is 0 Å². The van der Waals surface area contributed by atoms with Gasteiger partial charge in [0.2, 0.25) is 5.91 Å². The number of hydrogen-bond acceptors (Lipinski definition) is 5. The number of methoxy groups -OCH3 is 1. The van der Waals surface area contributed by atoms with Gasteiger partial charge in [-0.3, -0.25) is 4.79 Å². The van der Waals surface area contributed by atoms with Gasteiger partial charge >= 0.3 is 5.63 Å². The van der Waals surface area contributed by atoms with Gasteiger partial charge in [-0.2, -0.15) is 0 Å². The van der Waals surface area contributed by atoms with E-state index >= 15 is 0 Å². The SMILES string of the molecule is COc1cccc(NC(=O)CCc2c(C)c3cc4c(C)c(C)oc4cc3oc2=O)c1. The van der Waals surface area contributed by atoms with E-state index in [1.165, 1.54) is 0 Å². The maximum Gasteiger partial charge on any atom is 0.339 e. The number of benzene rings is 2. The molecular formula is C24H23NO5. The van der Waals surface area contributed by atoms with Crippen LogP contribution in [0.2, 0.25) is 0 Å². The van der Waals surface area contributed by atoms with Crippen LogP contribution in [0.25, 0.3) is 21.9 Å². The first-order valence-corrected chi connectivity index (χ1v) is 9.77. The average molecular weight is 405 g/mol. The Morgan fingerprint density at radius 2 is 1.73 bits per heavy atom. The molecule has 154 valence electrons. The number of carbonyl (C=O) groups is 1. The van der Waals surface area contributed by atoms with E-state index in [1.54, 1.807) is 37.4 Å². The maximum absolute atomic E-state index is 12.6. The number of aryl methyl sites for hydroxylation is 3. The van der Waals surface area contributed by atoms with Gasteiger partial charge in [0.1, 0.15) is 22.7 Å². The predicted octanol–water partition coefficient (Wildman–Crippen LogP) is 5.04. The van der Waals surface area contributed by atoms with Crippen molar-refractivity contribution in [3.8, 4) is 5.75 Å². The van der Waals surface area contributed by atoms with Crippen LogP contribution in [-0.2, 0) is 11.2 Å². The molecule has 30 heavy (non-hydrogen) atoms. The van der Waals surface area contributed by atoms with E-state index in [4.69, 9.17) is 13.6 Å². The Hall–Kier alpha value is -3.54. The summed E-state index contributed by atoms with van der Waals surface area (Å²) in [5, 5.41) is 4.69. The van der Waals surface area contributed by atoms with E-state index in [0.29, 0.717) is 34.6 Å². The van der Waals surface area contributed by atoms with Gasteiger partial charge in [0.15, 0.2) is 0 Å². The quantitative estimate of drug-likeness (QED) is 0.470. The lowest BCUT2D eigenvalue weighted by atomic mass is 10.0. The minimum absolute atomic E-state index is 0.167. The Morgan fingerprint density at radius 1 is 1.00 bits per heavy atom. The van der Waals surface area contributed by atoms with Crippen LogP contribution in [0, 0.1) is 20.8 Å². The summed E-state index contributed by atoms with van der Waals surface area (Å²) < 4.78 is 16.5. The van der Waals surface area contributed by atoms with E-state index in [2.05, 4.69) is 5.32 Å². The van der Waals surface area contributed by atoms with Crippen molar-refractivity contribution in [1.29, 1.82) is 0 Å². The fourth-order valence-electron chi connectivity index (χ4n) is 3.68. The molecule has 0 aliphatic heterocycles. The van der Waals surface area contributed by atoms with Crippen LogP contribution in [-0.4, -0.2) is 13.0 Å². The van der Waals surface area contributed by atoms with Crippen molar-refractivity contribution in [1.82, 2.24) is 0 Å². The Bertz CT molecular complexity index is 1330. The minimum Gasteiger partial charge on any atom is -0.497 e. The normalized spacial score (nSPS) is 11.2. The molecule has 0 saturated heterocycles. The lowest BCUT2D eigenvalue weighted by Crippen LogP contribution is -2.16. The van der Waals surface area contributed by atoms with Crippen LogP contribution < -0.4 is 15.7 Å². The van der Waals surface area contributed by atoms with Gasteiger partial charge in [-0.1, -0.05) is 6.07 Å². The molecule has 2 aromatic heterocycles. The van der Waals surface area contributed by atoms with E-state index in [-0.39, 0.29) is 12.3 Å². The fraction of sp³-hybridized carbons (Fsp3) is 0.250. The highest BCUT2D eigenvalue weighted by Crippen LogP contribution is 2.31. The second-order valence-electron chi connectivity index (χ2n) is 7.40. The molecule has 0 aliphatic rings. The number of furan rings is 1. The first-order valence-electron chi connectivity index (χ1n) is 9.77. The molecule has 0 saturated carbocycles. The first-order chi connectivity index (χ1) is 14.4. The predicted molar refractivity (Wildman–Crippen MR) is 116 cm³/mol. The molecule has 1 amide bonds. The van der Waals surface area contributed by atoms with E-state index < -0.39 is 5.63 Å². The van der Waals surface area contributed by atoms with E-state index in [9.17, 15) is 9.59 Å². The number of hydrogen-bond donors (Lipinski definition) is 1. The highest BCUT2D eigenvalue weighted by atomic mass is 16.5. The van der Waals surface area contributed by atoms with Crippen molar-refractivity contribution in [2.45, 2.75) is 33.6 Å². The van der Waals surface area contributed by atoms with Gasteiger partial charge in [-0.25, -0.2) is 4.79 Å². The molecule has 0 spiro atoms. The molecule has 6 heteroatoms. The topological polar surface area (TPSA) is 81.7 Å². The second kappa shape index (κ2) is 7.71. The van der Waals surface area contributed by atoms with Crippen LogP contribution in [0.4, 0.5) is 5.69 Å². The van der Waals surface area contributed by atoms with Gasteiger partial charge in [0.25, 0.3) is 0 Å². The standard InChI is InChI=1S/C24H23NO5/c1-13-15(3)29-21-12-22-20(11-19(13)21)14(2)18(24(27)30-22)8-9-23(26)25-16-6-5-7-17(10-16)28-4/h5-7,10-12H,8-9H2,1-4H3,(H,25,26). The number of rotatable bonds is 5. The van der Waals surface area contributed by atoms with Crippen molar-refractivity contribution in [2.24, 2.45) is 0 Å². The summed E-state index contributed by atoms with van der Waals surface area (Å²) in [7, 11) is 1.57. The molecule has 0 bridgehead atoms. The average Bonchev–Trinajstić information content (AvgIpc) is 2.99. The van der Waals surface area contributed by atoms with Gasteiger partial charge < -0.3 is 18.9 Å². The molecule has 0 atom stereocenters. The Morgan fingerprint density at radius 3 is 2.50 bits per heavy atom. The monoisotopic (exact) mass is 405 g/mol. The van der Waals surface area contributed by atoms with E-state index in [1.807, 2.05) is 26.8 Å². The summed E-state index contributed by atoms with van der Waals surface area (Å²) in [5.41, 5.74) is 3.82. The molecule has 1 N–H and O–H groups in total. The number of ether oxygens (including phenoxy) is 1. The molecule has 2 aromatic carbocycles. The van der Waals surface area contributed by atoms with Crippen molar-refractivity contribution in [2.75, 3.05) is 12.4 Å². The van der Waals surface area contributed by atoms with Crippen LogP contribution in [0.3, 0.4) is 0 Å². The third-order valence-corrected chi connectivity index (χ3v) is 5.54. The zero-order valence-corrected chi connectivity index (χ0v) is 17.4. The van der Waals surface area contributed by atoms with Gasteiger partial charge in [-0.15, -0.1) is 0 Å². The molecule has 4 rings (SSSR count). The summed E-state index contributed by atoms with van der Waals surface area (Å²) in [6.45, 7) is 5.81. The molecule has 0 aliphatic carbocycles. The molecule has 0 unspecified atom stereocenters. The molecule has 4 aromatic rings. The van der Waals surface area contributed by atoms with Crippen molar-refractivity contribution >= 4 is 33.5 Å². The van der Waals surface area contributed by atoms with Crippen molar-refractivity contribution < 1.29 is 18.4 Å². The first kappa shape index (κ1) is 19.8. The number of amides is 1. The Balaban J connectivity index is 1.60. The smallest absolute Gasteiger partial charge is 0.339 e. The number of carbonyl (C=O) groups excluding carboxylic acids is 1. The summed E-state index contributed by atoms with van der Waals surface area (Å²) in [6.07, 6.45) is 0.460. The zero-order chi connectivity index (χ0) is 21.4. The van der Waals surface area contributed by atoms with Crippen molar-refractivity contribution in [3.05, 3.63) is 69.3 Å². The van der Waals surface area contributed by atoms with Crippen LogP contribution in [0.1, 0.15) is 28.9 Å². The lowest BCUT2D eigenvalue weighted by molar-refractivity contribution is -0.116. The summed E-state index contributed by atoms with van der Waals surface area (Å²) in [4.78, 5) is 25.0. The molecule has 2 heterocycles. The van der Waals surface area contributed by atoms with Crippen LogP contribution in [0.15, 0.2) is 50.0 Å². The Kier molecular flexibility index (Phi) is 5.08. The van der Waals surface area contributed by atoms with Crippen molar-refractivity contribution in [3.63, 3.8) is 0 Å². The minimum atomic E-state index is -0.423. The third kappa shape index (κ3) is 3.56. The van der Waals surface area contributed by atoms with E-state index in [0.717, 1.165) is 27.7 Å². The number of fused-ring (bicyclic) bond motifs is 2. The third-order valence-electron chi connectivity index (χ3n) is 5.54.